The van der Waals surface area contributed by atoms with Crippen molar-refractivity contribution in [3.05, 3.63) is 64.3 Å². The summed E-state index contributed by atoms with van der Waals surface area (Å²) in [4.78, 5) is 12.5. The Morgan fingerprint density at radius 1 is 1.17 bits per heavy atom. The van der Waals surface area contributed by atoms with Crippen molar-refractivity contribution in [3.63, 3.8) is 0 Å². The molecule has 30 heavy (non-hydrogen) atoms. The second-order valence-electron chi connectivity index (χ2n) is 6.48. The minimum Gasteiger partial charge on any atom is -0.460 e. The monoisotopic (exact) mass is 485 g/mol. The number of esters is 1. The number of furan rings is 1. The third-order valence-electron chi connectivity index (χ3n) is 4.62. The Morgan fingerprint density at radius 3 is 2.70 bits per heavy atom. The Labute approximate surface area is 186 Å². The Kier molecular flexibility index (Phi) is 6.24. The lowest BCUT2D eigenvalue weighted by Gasteiger charge is -2.07. The van der Waals surface area contributed by atoms with Crippen LogP contribution in [0.2, 0.25) is 0 Å². The minimum atomic E-state index is -0.456. The molecule has 0 atom stereocenters. The lowest BCUT2D eigenvalue weighted by Crippen LogP contribution is -2.06. The van der Waals surface area contributed by atoms with Crippen molar-refractivity contribution in [2.24, 2.45) is 0 Å². The van der Waals surface area contributed by atoms with Crippen LogP contribution in [0.3, 0.4) is 0 Å². The van der Waals surface area contributed by atoms with Gasteiger partial charge in [-0.2, -0.15) is 0 Å². The molecule has 4 aromatic rings. The molecule has 0 fully saturated rings. The summed E-state index contributed by atoms with van der Waals surface area (Å²) in [5, 5.41) is 10.4. The molecule has 6 nitrogen and oxygen atoms in total. The molecule has 0 spiro atoms. The summed E-state index contributed by atoms with van der Waals surface area (Å²) < 4.78 is 14.0. The van der Waals surface area contributed by atoms with Crippen molar-refractivity contribution in [1.29, 1.82) is 0 Å². The molecule has 2 aromatic heterocycles. The highest BCUT2D eigenvalue weighted by atomic mass is 79.9. The maximum atomic E-state index is 12.5. The van der Waals surface area contributed by atoms with Crippen LogP contribution in [0.4, 0.5) is 0 Å². The number of aromatic nitrogens is 3. The normalized spacial score (nSPS) is 11.2. The average molecular weight is 486 g/mol. The Bertz CT molecular complexity index is 1190. The quantitative estimate of drug-likeness (QED) is 0.238. The van der Waals surface area contributed by atoms with Crippen LogP contribution in [-0.2, 0) is 17.0 Å². The molecule has 0 saturated carbocycles. The zero-order chi connectivity index (χ0) is 21.1. The van der Waals surface area contributed by atoms with Gasteiger partial charge in [0.15, 0.2) is 11.0 Å². The number of thioether (sulfide) groups is 1. The van der Waals surface area contributed by atoms with Gasteiger partial charge in [-0.3, -0.25) is 0 Å². The molecule has 0 aliphatic carbocycles. The van der Waals surface area contributed by atoms with Gasteiger partial charge in [-0.1, -0.05) is 58.0 Å². The number of halogens is 1. The Balaban J connectivity index is 1.68. The summed E-state index contributed by atoms with van der Waals surface area (Å²) in [6.07, 6.45) is 0. The molecule has 0 bridgehead atoms. The summed E-state index contributed by atoms with van der Waals surface area (Å²) in [6, 6.07) is 15.7. The third-order valence-corrected chi connectivity index (χ3v) is 6.11. The summed E-state index contributed by atoms with van der Waals surface area (Å²) in [6.45, 7) is 4.87. The van der Waals surface area contributed by atoms with Gasteiger partial charge in [-0.15, -0.1) is 10.2 Å². The standard InChI is InChI=1S/C22H20BrN3O3S/c1-3-26-20(14-8-6-5-7-9-14)24-25-22(26)30-13-17-16-12-15(23)10-11-18(16)29-19(17)21(27)28-4-2/h5-12H,3-4,13H2,1-2H3. The largest absolute Gasteiger partial charge is 0.460 e. The van der Waals surface area contributed by atoms with Crippen molar-refractivity contribution in [2.75, 3.05) is 6.61 Å². The molecule has 2 aromatic carbocycles. The molecule has 0 radical (unpaired) electrons. The van der Waals surface area contributed by atoms with E-state index in [4.69, 9.17) is 9.15 Å². The van der Waals surface area contributed by atoms with Crippen LogP contribution >= 0.6 is 27.7 Å². The maximum absolute atomic E-state index is 12.5. The first-order valence-corrected chi connectivity index (χ1v) is 11.4. The minimum absolute atomic E-state index is 0.239. The molecular formula is C22H20BrN3O3S. The summed E-state index contributed by atoms with van der Waals surface area (Å²) >= 11 is 5.02. The molecule has 154 valence electrons. The van der Waals surface area contributed by atoms with Crippen LogP contribution in [-0.4, -0.2) is 27.3 Å². The molecule has 0 amide bonds. The van der Waals surface area contributed by atoms with Gasteiger partial charge in [-0.05, 0) is 32.0 Å². The highest BCUT2D eigenvalue weighted by Crippen LogP contribution is 2.34. The number of nitrogens with zero attached hydrogens (tertiary/aromatic N) is 3. The average Bonchev–Trinajstić information content (AvgIpc) is 3.33. The van der Waals surface area contributed by atoms with E-state index in [0.29, 0.717) is 11.3 Å². The van der Waals surface area contributed by atoms with Gasteiger partial charge in [-0.25, -0.2) is 4.79 Å². The Hall–Kier alpha value is -2.58. The smallest absolute Gasteiger partial charge is 0.374 e. The van der Waals surface area contributed by atoms with Crippen LogP contribution < -0.4 is 0 Å². The Morgan fingerprint density at radius 2 is 1.97 bits per heavy atom. The SMILES string of the molecule is CCOC(=O)c1oc2ccc(Br)cc2c1CSc1nnc(-c2ccccc2)n1CC. The summed E-state index contributed by atoms with van der Waals surface area (Å²) in [5.41, 5.74) is 2.46. The summed E-state index contributed by atoms with van der Waals surface area (Å²) in [7, 11) is 0. The van der Waals surface area contributed by atoms with Crippen molar-refractivity contribution >= 4 is 44.6 Å². The van der Waals surface area contributed by atoms with Crippen LogP contribution in [0.1, 0.15) is 30.0 Å². The maximum Gasteiger partial charge on any atom is 0.374 e. The molecule has 0 unspecified atom stereocenters. The van der Waals surface area contributed by atoms with Gasteiger partial charge in [0.25, 0.3) is 0 Å². The predicted molar refractivity (Wildman–Crippen MR) is 121 cm³/mol. The molecule has 0 N–H and O–H groups in total. The van der Waals surface area contributed by atoms with E-state index in [-0.39, 0.29) is 12.4 Å². The van der Waals surface area contributed by atoms with E-state index in [9.17, 15) is 4.79 Å². The van der Waals surface area contributed by atoms with Crippen LogP contribution in [0, 0.1) is 0 Å². The van der Waals surface area contributed by atoms with E-state index < -0.39 is 5.97 Å². The second-order valence-corrected chi connectivity index (χ2v) is 8.33. The first-order chi connectivity index (χ1) is 14.6. The zero-order valence-electron chi connectivity index (χ0n) is 16.6. The molecule has 0 aliphatic heterocycles. The first kappa shape index (κ1) is 20.7. The van der Waals surface area contributed by atoms with Gasteiger partial charge in [0.05, 0.1) is 6.61 Å². The molecule has 4 rings (SSSR count). The van der Waals surface area contributed by atoms with E-state index in [1.807, 2.05) is 48.5 Å². The fourth-order valence-corrected chi connectivity index (χ4v) is 4.63. The molecule has 2 heterocycles. The zero-order valence-corrected chi connectivity index (χ0v) is 19.0. The third kappa shape index (κ3) is 4.02. The highest BCUT2D eigenvalue weighted by Gasteiger charge is 2.23. The van der Waals surface area contributed by atoms with Gasteiger partial charge < -0.3 is 13.7 Å². The molecule has 0 saturated heterocycles. The number of hydrogen-bond donors (Lipinski definition) is 0. The van der Waals surface area contributed by atoms with Crippen molar-refractivity contribution in [2.45, 2.75) is 31.3 Å². The highest BCUT2D eigenvalue weighted by molar-refractivity contribution is 9.10. The van der Waals surface area contributed by atoms with E-state index in [0.717, 1.165) is 38.5 Å². The van der Waals surface area contributed by atoms with Crippen LogP contribution in [0.5, 0.6) is 0 Å². The number of rotatable bonds is 7. The van der Waals surface area contributed by atoms with Crippen molar-refractivity contribution < 1.29 is 13.9 Å². The number of fused-ring (bicyclic) bond motifs is 1. The van der Waals surface area contributed by atoms with E-state index in [2.05, 4.69) is 37.6 Å². The lowest BCUT2D eigenvalue weighted by molar-refractivity contribution is 0.0491. The van der Waals surface area contributed by atoms with Crippen LogP contribution in [0.25, 0.3) is 22.4 Å². The van der Waals surface area contributed by atoms with Gasteiger partial charge in [0, 0.05) is 33.3 Å². The fraction of sp³-hybridized carbons (Fsp3) is 0.227. The number of hydrogen-bond acceptors (Lipinski definition) is 6. The van der Waals surface area contributed by atoms with E-state index in [1.54, 1.807) is 6.92 Å². The van der Waals surface area contributed by atoms with E-state index in [1.165, 1.54) is 11.8 Å². The van der Waals surface area contributed by atoms with Crippen LogP contribution in [0.15, 0.2) is 62.6 Å². The van der Waals surface area contributed by atoms with Crippen molar-refractivity contribution in [3.8, 4) is 11.4 Å². The van der Waals surface area contributed by atoms with E-state index >= 15 is 0 Å². The molecular weight excluding hydrogens is 466 g/mol. The van der Waals surface area contributed by atoms with Gasteiger partial charge in [0.1, 0.15) is 5.58 Å². The number of carbonyl (C=O) groups is 1. The van der Waals surface area contributed by atoms with Gasteiger partial charge >= 0.3 is 5.97 Å². The topological polar surface area (TPSA) is 70.2 Å². The lowest BCUT2D eigenvalue weighted by atomic mass is 10.1. The fourth-order valence-electron chi connectivity index (χ4n) is 3.24. The molecule has 8 heteroatoms. The molecule has 0 aliphatic rings. The number of ether oxygens (including phenoxy) is 1. The second kappa shape index (κ2) is 9.06. The summed E-state index contributed by atoms with van der Waals surface area (Å²) in [5.74, 6) is 1.11. The number of carbonyl (C=O) groups excluding carboxylic acids is 1. The van der Waals surface area contributed by atoms with Gasteiger partial charge in [0.2, 0.25) is 5.76 Å². The van der Waals surface area contributed by atoms with Crippen molar-refractivity contribution in [1.82, 2.24) is 14.8 Å². The first-order valence-electron chi connectivity index (χ1n) is 9.61. The predicted octanol–water partition coefficient (Wildman–Crippen LogP) is 5.94. The number of benzene rings is 2.